The van der Waals surface area contributed by atoms with Crippen molar-refractivity contribution in [2.75, 3.05) is 13.1 Å². The molecule has 0 bridgehead atoms. The van der Waals surface area contributed by atoms with Crippen molar-refractivity contribution in [3.8, 4) is 0 Å². The van der Waals surface area contributed by atoms with Gasteiger partial charge in [-0.1, -0.05) is 32.0 Å². The topological polar surface area (TPSA) is 29.9 Å². The number of fused-ring (bicyclic) bond motifs is 1. The van der Waals surface area contributed by atoms with Crippen LogP contribution in [0.1, 0.15) is 39.3 Å². The van der Waals surface area contributed by atoms with Gasteiger partial charge in [-0.15, -0.1) is 0 Å². The highest BCUT2D eigenvalue weighted by atomic mass is 15.3. The number of benzene rings is 1. The molecule has 1 aliphatic rings. The maximum Gasteiger partial charge on any atom is 0.0709 e. The first-order valence-electron chi connectivity index (χ1n) is 8.33. The van der Waals surface area contributed by atoms with Gasteiger partial charge in [0.25, 0.3) is 0 Å². The van der Waals surface area contributed by atoms with Crippen molar-refractivity contribution in [1.29, 1.82) is 0 Å². The van der Waals surface area contributed by atoms with Crippen LogP contribution in [0.2, 0.25) is 0 Å². The molecule has 1 saturated carbocycles. The van der Waals surface area contributed by atoms with Gasteiger partial charge >= 0.3 is 0 Å². The number of aryl methyl sites for hydroxylation is 1. The van der Waals surface area contributed by atoms with Gasteiger partial charge in [0.1, 0.15) is 0 Å². The molecule has 0 aliphatic heterocycles. The van der Waals surface area contributed by atoms with Gasteiger partial charge in [0, 0.05) is 18.5 Å². The molecule has 1 aromatic carbocycles. The lowest BCUT2D eigenvalue weighted by Crippen LogP contribution is -2.35. The summed E-state index contributed by atoms with van der Waals surface area (Å²) in [7, 11) is 0. The van der Waals surface area contributed by atoms with Gasteiger partial charge in [-0.25, -0.2) is 0 Å². The molecule has 3 rings (SSSR count). The molecular weight excluding hydrogens is 258 g/mol. The quantitative estimate of drug-likeness (QED) is 0.842. The summed E-state index contributed by atoms with van der Waals surface area (Å²) < 4.78 is 2.14. The van der Waals surface area contributed by atoms with Gasteiger partial charge in [0.05, 0.1) is 11.2 Å². The van der Waals surface area contributed by atoms with E-state index in [-0.39, 0.29) is 0 Å². The average Bonchev–Trinajstić information content (AvgIpc) is 3.30. The number of nitrogens with one attached hydrogen (secondary N) is 1. The largest absolute Gasteiger partial charge is 0.316 e. The standard InChI is InChI=1S/C18H27N3/c1-4-19-13-18(3,14-10-11-14)12-16-15-8-6-7-9-17(15)21(5-2)20-16/h6-9,14,19H,4-5,10-13H2,1-3H3. The van der Waals surface area contributed by atoms with Gasteiger partial charge in [-0.2, -0.15) is 5.10 Å². The number of nitrogens with zero attached hydrogens (tertiary/aromatic N) is 2. The Balaban J connectivity index is 1.92. The zero-order valence-corrected chi connectivity index (χ0v) is 13.5. The van der Waals surface area contributed by atoms with Crippen LogP contribution in [0.3, 0.4) is 0 Å². The first-order chi connectivity index (χ1) is 10.2. The fourth-order valence-corrected chi connectivity index (χ4v) is 3.49. The normalized spacial score (nSPS) is 18.0. The highest BCUT2D eigenvalue weighted by molar-refractivity contribution is 5.82. The minimum Gasteiger partial charge on any atom is -0.316 e. The number of hydrogen-bond acceptors (Lipinski definition) is 2. The van der Waals surface area contributed by atoms with Gasteiger partial charge in [-0.3, -0.25) is 4.68 Å². The Bertz CT molecular complexity index is 612. The highest BCUT2D eigenvalue weighted by Gasteiger charge is 2.41. The lowest BCUT2D eigenvalue weighted by atomic mass is 9.79. The van der Waals surface area contributed by atoms with Crippen LogP contribution in [0, 0.1) is 11.3 Å². The van der Waals surface area contributed by atoms with Crippen molar-refractivity contribution in [2.24, 2.45) is 11.3 Å². The molecule has 3 nitrogen and oxygen atoms in total. The summed E-state index contributed by atoms with van der Waals surface area (Å²) in [5.41, 5.74) is 2.89. The van der Waals surface area contributed by atoms with E-state index in [0.717, 1.165) is 32.0 Å². The summed E-state index contributed by atoms with van der Waals surface area (Å²) in [5, 5.41) is 9.80. The lowest BCUT2D eigenvalue weighted by Gasteiger charge is -2.29. The Morgan fingerprint density at radius 2 is 2.05 bits per heavy atom. The Hall–Kier alpha value is -1.35. The molecule has 1 atom stereocenters. The Kier molecular flexibility index (Phi) is 4.03. The fourth-order valence-electron chi connectivity index (χ4n) is 3.49. The summed E-state index contributed by atoms with van der Waals surface area (Å²) in [4.78, 5) is 0. The predicted octanol–water partition coefficient (Wildman–Crippen LogP) is 3.62. The van der Waals surface area contributed by atoms with E-state index in [9.17, 15) is 0 Å². The molecule has 3 heteroatoms. The van der Waals surface area contributed by atoms with E-state index < -0.39 is 0 Å². The van der Waals surface area contributed by atoms with E-state index in [1.54, 1.807) is 0 Å². The van der Waals surface area contributed by atoms with E-state index in [1.807, 2.05) is 0 Å². The lowest BCUT2D eigenvalue weighted by molar-refractivity contribution is 0.255. The van der Waals surface area contributed by atoms with Crippen LogP contribution < -0.4 is 5.32 Å². The van der Waals surface area contributed by atoms with Crippen molar-refractivity contribution < 1.29 is 0 Å². The van der Waals surface area contributed by atoms with Crippen molar-refractivity contribution in [3.63, 3.8) is 0 Å². The van der Waals surface area contributed by atoms with Crippen molar-refractivity contribution >= 4 is 10.9 Å². The molecule has 0 spiro atoms. The molecule has 21 heavy (non-hydrogen) atoms. The van der Waals surface area contributed by atoms with Crippen LogP contribution in [-0.2, 0) is 13.0 Å². The van der Waals surface area contributed by atoms with Crippen LogP contribution in [-0.4, -0.2) is 22.9 Å². The number of rotatable bonds is 7. The fraction of sp³-hybridized carbons (Fsp3) is 0.611. The second-order valence-corrected chi connectivity index (χ2v) is 6.67. The van der Waals surface area contributed by atoms with Crippen LogP contribution >= 0.6 is 0 Å². The first-order valence-corrected chi connectivity index (χ1v) is 8.33. The minimum atomic E-state index is 0.339. The van der Waals surface area contributed by atoms with E-state index >= 15 is 0 Å². The third-order valence-corrected chi connectivity index (χ3v) is 4.95. The Labute approximate surface area is 127 Å². The van der Waals surface area contributed by atoms with Crippen molar-refractivity contribution in [2.45, 2.75) is 46.6 Å². The second-order valence-electron chi connectivity index (χ2n) is 6.67. The van der Waals surface area contributed by atoms with Gasteiger partial charge in [0.2, 0.25) is 0 Å². The monoisotopic (exact) mass is 285 g/mol. The summed E-state index contributed by atoms with van der Waals surface area (Å²) in [6.07, 6.45) is 3.85. The average molecular weight is 285 g/mol. The van der Waals surface area contributed by atoms with Crippen molar-refractivity contribution in [1.82, 2.24) is 15.1 Å². The maximum absolute atomic E-state index is 4.90. The second kappa shape index (κ2) is 5.80. The van der Waals surface area contributed by atoms with E-state index in [0.29, 0.717) is 5.41 Å². The smallest absolute Gasteiger partial charge is 0.0709 e. The zero-order chi connectivity index (χ0) is 14.9. The molecule has 1 aromatic heterocycles. The Morgan fingerprint density at radius 1 is 1.29 bits per heavy atom. The van der Waals surface area contributed by atoms with Gasteiger partial charge < -0.3 is 5.32 Å². The minimum absolute atomic E-state index is 0.339. The number of aromatic nitrogens is 2. The van der Waals surface area contributed by atoms with Crippen LogP contribution in [0.4, 0.5) is 0 Å². The molecule has 1 N–H and O–H groups in total. The predicted molar refractivity (Wildman–Crippen MR) is 88.5 cm³/mol. The molecule has 1 heterocycles. The van der Waals surface area contributed by atoms with E-state index in [4.69, 9.17) is 5.10 Å². The molecular formula is C18H27N3. The Morgan fingerprint density at radius 3 is 2.71 bits per heavy atom. The molecule has 1 aliphatic carbocycles. The summed E-state index contributed by atoms with van der Waals surface area (Å²) >= 11 is 0. The molecule has 2 aromatic rings. The zero-order valence-electron chi connectivity index (χ0n) is 13.5. The van der Waals surface area contributed by atoms with Crippen LogP contribution in [0.5, 0.6) is 0 Å². The first kappa shape index (κ1) is 14.6. The van der Waals surface area contributed by atoms with Crippen LogP contribution in [0.25, 0.3) is 10.9 Å². The summed E-state index contributed by atoms with van der Waals surface area (Å²) in [6.45, 7) is 9.88. The molecule has 0 amide bonds. The molecule has 1 fully saturated rings. The summed E-state index contributed by atoms with van der Waals surface area (Å²) in [5.74, 6) is 0.863. The van der Waals surface area contributed by atoms with E-state index in [1.165, 1.54) is 29.4 Å². The van der Waals surface area contributed by atoms with Crippen molar-refractivity contribution in [3.05, 3.63) is 30.0 Å². The summed E-state index contributed by atoms with van der Waals surface area (Å²) in [6, 6.07) is 8.66. The molecule has 0 saturated heterocycles. The third-order valence-electron chi connectivity index (χ3n) is 4.95. The third kappa shape index (κ3) is 2.84. The maximum atomic E-state index is 4.90. The highest BCUT2D eigenvalue weighted by Crippen LogP contribution is 2.47. The SMILES string of the molecule is CCNCC(C)(Cc1nn(CC)c2ccccc12)C1CC1. The van der Waals surface area contributed by atoms with Gasteiger partial charge in [-0.05, 0) is 50.1 Å². The number of para-hydroxylation sites is 1. The van der Waals surface area contributed by atoms with E-state index in [2.05, 4.69) is 55.0 Å². The molecule has 0 radical (unpaired) electrons. The number of hydrogen-bond donors (Lipinski definition) is 1. The van der Waals surface area contributed by atoms with Crippen LogP contribution in [0.15, 0.2) is 24.3 Å². The van der Waals surface area contributed by atoms with Gasteiger partial charge in [0.15, 0.2) is 0 Å². The molecule has 114 valence electrons. The molecule has 1 unspecified atom stereocenters.